The van der Waals surface area contributed by atoms with Crippen molar-refractivity contribution in [2.24, 2.45) is 13.0 Å². The number of aryl methyl sites for hydroxylation is 2. The van der Waals surface area contributed by atoms with E-state index in [0.717, 1.165) is 25.2 Å². The maximum atomic E-state index is 11.9. The molecule has 0 aromatic carbocycles. The number of aromatic nitrogens is 4. The van der Waals surface area contributed by atoms with Crippen LogP contribution in [0.25, 0.3) is 0 Å². The predicted octanol–water partition coefficient (Wildman–Crippen LogP) is 0.00960. The highest BCUT2D eigenvalue weighted by atomic mass is 16.1. The fourth-order valence-electron chi connectivity index (χ4n) is 2.86. The molecule has 8 nitrogen and oxygen atoms in total. The molecule has 1 aliphatic rings. The van der Waals surface area contributed by atoms with E-state index in [1.807, 2.05) is 12.3 Å². The number of nitrogens with zero attached hydrogens (tertiary/aromatic N) is 5. The Hall–Kier alpha value is -2.64. The van der Waals surface area contributed by atoms with Gasteiger partial charge in [-0.25, -0.2) is 4.68 Å². The molecule has 1 atom stereocenters. The van der Waals surface area contributed by atoms with Gasteiger partial charge in [-0.15, -0.1) is 0 Å². The van der Waals surface area contributed by atoms with E-state index in [1.165, 1.54) is 4.68 Å². The van der Waals surface area contributed by atoms with Crippen molar-refractivity contribution in [2.75, 3.05) is 24.5 Å². The molecule has 128 valence electrons. The van der Waals surface area contributed by atoms with Crippen molar-refractivity contribution in [3.63, 3.8) is 0 Å². The molecule has 0 spiro atoms. The molecule has 0 saturated carbocycles. The number of rotatable bonds is 6. The minimum atomic E-state index is -0.108. The van der Waals surface area contributed by atoms with Gasteiger partial charge in [0.25, 0.3) is 5.56 Å². The number of carbonyl (C=O) groups is 1. The summed E-state index contributed by atoms with van der Waals surface area (Å²) in [5.41, 5.74) is 0.744. The summed E-state index contributed by atoms with van der Waals surface area (Å²) in [6.07, 6.45) is 6.69. The molecule has 0 aliphatic carbocycles. The van der Waals surface area contributed by atoms with Gasteiger partial charge in [-0.2, -0.15) is 10.2 Å². The number of hydrogen-bond donors (Lipinski definition) is 1. The molecule has 24 heavy (non-hydrogen) atoms. The van der Waals surface area contributed by atoms with E-state index < -0.39 is 0 Å². The molecule has 2 aromatic rings. The summed E-state index contributed by atoms with van der Waals surface area (Å²) in [4.78, 5) is 25.7. The van der Waals surface area contributed by atoms with E-state index in [1.54, 1.807) is 30.2 Å². The quantitative estimate of drug-likeness (QED) is 0.806. The van der Waals surface area contributed by atoms with Gasteiger partial charge in [-0.3, -0.25) is 14.3 Å². The minimum Gasteiger partial charge on any atom is -0.370 e. The highest BCUT2D eigenvalue weighted by Crippen LogP contribution is 2.21. The summed E-state index contributed by atoms with van der Waals surface area (Å²) in [6, 6.07) is 3.45. The van der Waals surface area contributed by atoms with Gasteiger partial charge in [0.15, 0.2) is 0 Å². The molecule has 2 aromatic heterocycles. The van der Waals surface area contributed by atoms with Crippen molar-refractivity contribution >= 4 is 11.6 Å². The molecule has 0 bridgehead atoms. The lowest BCUT2D eigenvalue weighted by Crippen LogP contribution is -2.32. The fourth-order valence-corrected chi connectivity index (χ4v) is 2.86. The molecule has 1 aliphatic heterocycles. The maximum Gasteiger partial charge on any atom is 0.268 e. The van der Waals surface area contributed by atoms with Gasteiger partial charge in [0.1, 0.15) is 0 Å². The number of hydrogen-bond acceptors (Lipinski definition) is 5. The smallest absolute Gasteiger partial charge is 0.268 e. The first-order valence-corrected chi connectivity index (χ1v) is 8.14. The Morgan fingerprint density at radius 2 is 2.29 bits per heavy atom. The second-order valence-corrected chi connectivity index (χ2v) is 6.10. The molecule has 1 N–H and O–H groups in total. The molecule has 1 amide bonds. The van der Waals surface area contributed by atoms with E-state index in [0.29, 0.717) is 25.4 Å². The third-order valence-corrected chi connectivity index (χ3v) is 4.32. The van der Waals surface area contributed by atoms with Gasteiger partial charge in [0.2, 0.25) is 5.91 Å². The van der Waals surface area contributed by atoms with Crippen LogP contribution in [-0.4, -0.2) is 45.1 Å². The average Bonchev–Trinajstić information content (AvgIpc) is 3.25. The van der Waals surface area contributed by atoms with Crippen molar-refractivity contribution in [1.29, 1.82) is 0 Å². The number of amides is 1. The molecule has 3 rings (SSSR count). The van der Waals surface area contributed by atoms with Crippen LogP contribution >= 0.6 is 0 Å². The van der Waals surface area contributed by atoms with Crippen LogP contribution < -0.4 is 15.8 Å². The number of anilines is 1. The second kappa shape index (κ2) is 7.29. The van der Waals surface area contributed by atoms with Crippen LogP contribution in [0.5, 0.6) is 0 Å². The molecule has 1 fully saturated rings. The summed E-state index contributed by atoms with van der Waals surface area (Å²) in [6.45, 7) is 2.96. The topological polar surface area (TPSA) is 85.1 Å². The summed E-state index contributed by atoms with van der Waals surface area (Å²) in [5.74, 6) is 0.432. The minimum absolute atomic E-state index is 0.0409. The lowest BCUT2D eigenvalue weighted by molar-refractivity contribution is -0.121. The third-order valence-electron chi connectivity index (χ3n) is 4.32. The van der Waals surface area contributed by atoms with Gasteiger partial charge < -0.3 is 10.2 Å². The van der Waals surface area contributed by atoms with E-state index >= 15 is 0 Å². The largest absolute Gasteiger partial charge is 0.370 e. The predicted molar refractivity (Wildman–Crippen MR) is 89.7 cm³/mol. The maximum absolute atomic E-state index is 11.9. The lowest BCUT2D eigenvalue weighted by atomic mass is 10.1. The zero-order valence-corrected chi connectivity index (χ0v) is 13.8. The molecular weight excluding hydrogens is 308 g/mol. The Bertz CT molecular complexity index is 739. The first-order chi connectivity index (χ1) is 11.6. The SMILES string of the molecule is Cn1ncc(N2CCC(CNC(=O)CCn3cccn3)C2)cc1=O. The third kappa shape index (κ3) is 4.01. The van der Waals surface area contributed by atoms with Crippen LogP contribution in [0.15, 0.2) is 35.5 Å². The van der Waals surface area contributed by atoms with E-state index in [-0.39, 0.29) is 11.5 Å². The standard InChI is InChI=1S/C16H22N6O2/c1-20-16(24)9-14(11-19-20)21-7-3-13(12-21)10-17-15(23)4-8-22-6-2-5-18-22/h2,5-6,9,11,13H,3-4,7-8,10,12H2,1H3,(H,17,23). The van der Waals surface area contributed by atoms with Gasteiger partial charge >= 0.3 is 0 Å². The second-order valence-electron chi connectivity index (χ2n) is 6.10. The van der Waals surface area contributed by atoms with Crippen LogP contribution in [0.3, 0.4) is 0 Å². The van der Waals surface area contributed by atoms with E-state index in [2.05, 4.69) is 20.4 Å². The van der Waals surface area contributed by atoms with Crippen molar-refractivity contribution < 1.29 is 4.79 Å². The highest BCUT2D eigenvalue weighted by Gasteiger charge is 2.23. The number of nitrogens with one attached hydrogen (secondary N) is 1. The summed E-state index contributed by atoms with van der Waals surface area (Å²) in [5, 5.41) is 11.1. The molecule has 1 saturated heterocycles. The van der Waals surface area contributed by atoms with E-state index in [9.17, 15) is 9.59 Å². The Morgan fingerprint density at radius 1 is 1.42 bits per heavy atom. The fraction of sp³-hybridized carbons (Fsp3) is 0.500. The molecular formula is C16H22N6O2. The van der Waals surface area contributed by atoms with Crippen molar-refractivity contribution in [1.82, 2.24) is 24.9 Å². The first-order valence-electron chi connectivity index (χ1n) is 8.14. The Balaban J connectivity index is 1.43. The van der Waals surface area contributed by atoms with Crippen LogP contribution in [0.4, 0.5) is 5.69 Å². The Labute approximate surface area is 140 Å². The molecule has 3 heterocycles. The molecule has 8 heteroatoms. The summed E-state index contributed by atoms with van der Waals surface area (Å²) >= 11 is 0. The van der Waals surface area contributed by atoms with Crippen LogP contribution in [0.1, 0.15) is 12.8 Å². The van der Waals surface area contributed by atoms with Crippen molar-refractivity contribution in [3.05, 3.63) is 41.1 Å². The molecule has 0 radical (unpaired) electrons. The monoisotopic (exact) mass is 330 g/mol. The van der Waals surface area contributed by atoms with Gasteiger partial charge in [-0.1, -0.05) is 0 Å². The van der Waals surface area contributed by atoms with E-state index in [4.69, 9.17) is 0 Å². The summed E-state index contributed by atoms with van der Waals surface area (Å²) in [7, 11) is 1.64. The Kier molecular flexibility index (Phi) is 4.93. The van der Waals surface area contributed by atoms with Gasteiger partial charge in [0.05, 0.1) is 11.9 Å². The normalized spacial score (nSPS) is 17.2. The van der Waals surface area contributed by atoms with Crippen LogP contribution in [0.2, 0.25) is 0 Å². The Morgan fingerprint density at radius 3 is 3.04 bits per heavy atom. The van der Waals surface area contributed by atoms with Gasteiger partial charge in [-0.05, 0) is 18.4 Å². The highest BCUT2D eigenvalue weighted by molar-refractivity contribution is 5.75. The van der Waals surface area contributed by atoms with Crippen LogP contribution in [0, 0.1) is 5.92 Å². The molecule has 1 unspecified atom stereocenters. The zero-order chi connectivity index (χ0) is 16.9. The zero-order valence-electron chi connectivity index (χ0n) is 13.8. The van der Waals surface area contributed by atoms with Crippen molar-refractivity contribution in [2.45, 2.75) is 19.4 Å². The number of carbonyl (C=O) groups excluding carboxylic acids is 1. The average molecular weight is 330 g/mol. The van der Waals surface area contributed by atoms with Crippen molar-refractivity contribution in [3.8, 4) is 0 Å². The summed E-state index contributed by atoms with van der Waals surface area (Å²) < 4.78 is 3.07. The van der Waals surface area contributed by atoms with Crippen LogP contribution in [-0.2, 0) is 18.4 Å². The first kappa shape index (κ1) is 16.2. The van der Waals surface area contributed by atoms with Gasteiger partial charge in [0, 0.05) is 58.1 Å². The lowest BCUT2D eigenvalue weighted by Gasteiger charge is -2.18.